The highest BCUT2D eigenvalue weighted by Crippen LogP contribution is 2.35. The molecule has 0 bridgehead atoms. The van der Waals surface area contributed by atoms with Crippen LogP contribution in [0.1, 0.15) is 25.7 Å². The molecule has 2 fully saturated rings. The van der Waals surface area contributed by atoms with Gasteiger partial charge in [0.05, 0.1) is 24.8 Å². The summed E-state index contributed by atoms with van der Waals surface area (Å²) in [5.74, 6) is 0.0209. The van der Waals surface area contributed by atoms with E-state index in [2.05, 4.69) is 5.32 Å². The van der Waals surface area contributed by atoms with Gasteiger partial charge in [0.2, 0.25) is 11.8 Å². The second-order valence-electron chi connectivity index (χ2n) is 6.44. The number of hydrogen-bond donors (Lipinski definition) is 1. The summed E-state index contributed by atoms with van der Waals surface area (Å²) < 4.78 is 10.9. The third kappa shape index (κ3) is 4.25. The predicted molar refractivity (Wildman–Crippen MR) is 95.1 cm³/mol. The Morgan fingerprint density at radius 3 is 3.04 bits per heavy atom. The highest BCUT2D eigenvalue weighted by Gasteiger charge is 2.36. The monoisotopic (exact) mass is 366 g/mol. The number of rotatable bonds is 6. The van der Waals surface area contributed by atoms with Crippen molar-refractivity contribution in [1.29, 1.82) is 0 Å². The summed E-state index contributed by atoms with van der Waals surface area (Å²) >= 11 is 6.04. The van der Waals surface area contributed by atoms with Gasteiger partial charge in [0, 0.05) is 31.1 Å². The molecule has 1 aromatic carbocycles. The molecule has 0 aliphatic carbocycles. The van der Waals surface area contributed by atoms with Crippen molar-refractivity contribution in [3.8, 4) is 5.75 Å². The molecule has 25 heavy (non-hydrogen) atoms. The molecular weight excluding hydrogens is 344 g/mol. The summed E-state index contributed by atoms with van der Waals surface area (Å²) in [6.07, 6.45) is 3.41. The lowest BCUT2D eigenvalue weighted by molar-refractivity contribution is -0.126. The van der Waals surface area contributed by atoms with E-state index >= 15 is 0 Å². The first kappa shape index (κ1) is 18.0. The van der Waals surface area contributed by atoms with Gasteiger partial charge in [0.25, 0.3) is 0 Å². The van der Waals surface area contributed by atoms with E-state index < -0.39 is 0 Å². The van der Waals surface area contributed by atoms with Crippen LogP contribution in [0, 0.1) is 5.92 Å². The minimum atomic E-state index is -0.360. The number of nitrogens with zero attached hydrogens (tertiary/aromatic N) is 1. The van der Waals surface area contributed by atoms with E-state index in [-0.39, 0.29) is 30.3 Å². The number of methoxy groups -OCH3 is 1. The molecule has 2 aliphatic rings. The van der Waals surface area contributed by atoms with Crippen molar-refractivity contribution in [2.24, 2.45) is 5.92 Å². The molecule has 0 unspecified atom stereocenters. The van der Waals surface area contributed by atoms with Crippen LogP contribution >= 0.6 is 11.6 Å². The van der Waals surface area contributed by atoms with Crippen LogP contribution in [-0.2, 0) is 14.3 Å². The largest absolute Gasteiger partial charge is 0.495 e. The van der Waals surface area contributed by atoms with Crippen molar-refractivity contribution in [2.75, 3.05) is 31.7 Å². The number of hydrogen-bond acceptors (Lipinski definition) is 4. The van der Waals surface area contributed by atoms with E-state index in [9.17, 15) is 9.59 Å². The third-order valence-electron chi connectivity index (χ3n) is 4.72. The molecule has 3 rings (SSSR count). The minimum absolute atomic E-state index is 0.0881. The van der Waals surface area contributed by atoms with Gasteiger partial charge in [-0.25, -0.2) is 0 Å². The van der Waals surface area contributed by atoms with Crippen LogP contribution in [0.2, 0.25) is 5.02 Å². The highest BCUT2D eigenvalue weighted by atomic mass is 35.5. The second-order valence-corrected chi connectivity index (χ2v) is 6.87. The van der Waals surface area contributed by atoms with Gasteiger partial charge < -0.3 is 19.7 Å². The maximum absolute atomic E-state index is 12.4. The number of nitrogens with one attached hydrogen (secondary N) is 1. The van der Waals surface area contributed by atoms with Crippen molar-refractivity contribution < 1.29 is 19.1 Å². The fourth-order valence-electron chi connectivity index (χ4n) is 3.36. The van der Waals surface area contributed by atoms with Gasteiger partial charge in [-0.1, -0.05) is 11.6 Å². The van der Waals surface area contributed by atoms with E-state index in [1.165, 1.54) is 0 Å². The molecule has 0 saturated carbocycles. The third-order valence-corrected chi connectivity index (χ3v) is 4.95. The van der Waals surface area contributed by atoms with E-state index in [0.717, 1.165) is 25.9 Å². The van der Waals surface area contributed by atoms with E-state index in [0.29, 0.717) is 29.5 Å². The molecule has 2 saturated heterocycles. The maximum atomic E-state index is 12.4. The Balaban J connectivity index is 1.58. The molecule has 2 aliphatic heterocycles. The van der Waals surface area contributed by atoms with E-state index in [4.69, 9.17) is 21.1 Å². The lowest BCUT2D eigenvalue weighted by Gasteiger charge is -2.20. The zero-order valence-electron chi connectivity index (χ0n) is 14.3. The van der Waals surface area contributed by atoms with Crippen molar-refractivity contribution in [3.05, 3.63) is 23.2 Å². The van der Waals surface area contributed by atoms with Crippen LogP contribution < -0.4 is 15.0 Å². The van der Waals surface area contributed by atoms with Gasteiger partial charge >= 0.3 is 0 Å². The molecule has 2 heterocycles. The summed E-state index contributed by atoms with van der Waals surface area (Å²) in [7, 11) is 1.54. The van der Waals surface area contributed by atoms with Crippen LogP contribution in [-0.4, -0.2) is 44.7 Å². The zero-order valence-corrected chi connectivity index (χ0v) is 15.1. The molecule has 0 spiro atoms. The topological polar surface area (TPSA) is 67.9 Å². The van der Waals surface area contributed by atoms with Gasteiger partial charge in [-0.05, 0) is 37.5 Å². The maximum Gasteiger partial charge on any atom is 0.227 e. The Labute approximate surface area is 152 Å². The normalized spacial score (nSPS) is 23.1. The number of halogens is 1. The van der Waals surface area contributed by atoms with Gasteiger partial charge in [0.15, 0.2) is 0 Å². The Morgan fingerprint density at radius 1 is 1.48 bits per heavy atom. The summed E-state index contributed by atoms with van der Waals surface area (Å²) in [5.41, 5.74) is 0.606. The van der Waals surface area contributed by atoms with Crippen LogP contribution in [0.15, 0.2) is 18.2 Å². The van der Waals surface area contributed by atoms with Crippen LogP contribution in [0.3, 0.4) is 0 Å². The smallest absolute Gasteiger partial charge is 0.227 e. The number of ether oxygens (including phenoxy) is 2. The molecule has 2 amide bonds. The van der Waals surface area contributed by atoms with Gasteiger partial charge in [-0.3, -0.25) is 9.59 Å². The molecule has 0 aromatic heterocycles. The summed E-state index contributed by atoms with van der Waals surface area (Å²) in [6, 6.07) is 5.12. The van der Waals surface area contributed by atoms with Crippen LogP contribution in [0.4, 0.5) is 5.69 Å². The van der Waals surface area contributed by atoms with Crippen molar-refractivity contribution in [3.63, 3.8) is 0 Å². The summed E-state index contributed by atoms with van der Waals surface area (Å²) in [4.78, 5) is 26.3. The average molecular weight is 367 g/mol. The zero-order chi connectivity index (χ0) is 17.8. The molecule has 7 heteroatoms. The van der Waals surface area contributed by atoms with E-state index in [1.807, 2.05) is 0 Å². The number of carbonyl (C=O) groups excluding carboxylic acids is 2. The SMILES string of the molecule is COc1ccc(Cl)cc1N1C[C@H](C(=O)NCC[C@H]2CCCO2)CC1=O. The molecule has 6 nitrogen and oxygen atoms in total. The number of amides is 2. The van der Waals surface area contributed by atoms with Gasteiger partial charge in [-0.2, -0.15) is 0 Å². The highest BCUT2D eigenvalue weighted by molar-refractivity contribution is 6.31. The van der Waals surface area contributed by atoms with Crippen molar-refractivity contribution in [2.45, 2.75) is 31.8 Å². The van der Waals surface area contributed by atoms with Crippen LogP contribution in [0.5, 0.6) is 5.75 Å². The summed E-state index contributed by atoms with van der Waals surface area (Å²) in [6.45, 7) is 1.72. The average Bonchev–Trinajstić information content (AvgIpc) is 3.24. The first-order valence-electron chi connectivity index (χ1n) is 8.61. The minimum Gasteiger partial charge on any atom is -0.495 e. The quantitative estimate of drug-likeness (QED) is 0.839. The Kier molecular flexibility index (Phi) is 5.81. The van der Waals surface area contributed by atoms with Crippen molar-refractivity contribution >= 4 is 29.1 Å². The Morgan fingerprint density at radius 2 is 2.32 bits per heavy atom. The Hall–Kier alpha value is -1.79. The lowest BCUT2D eigenvalue weighted by Crippen LogP contribution is -2.34. The first-order valence-corrected chi connectivity index (χ1v) is 8.99. The number of benzene rings is 1. The van der Waals surface area contributed by atoms with Gasteiger partial charge in [0.1, 0.15) is 5.75 Å². The molecular formula is C18H23ClN2O4. The molecule has 0 radical (unpaired) electrons. The fraction of sp³-hybridized carbons (Fsp3) is 0.556. The molecule has 1 aromatic rings. The standard InChI is InChI=1S/C18H23ClN2O4/c1-24-16-5-4-13(19)10-15(16)21-11-12(9-17(21)22)18(23)20-7-6-14-3-2-8-25-14/h4-5,10,12,14H,2-3,6-9,11H2,1H3,(H,20,23)/t12-,14-/m1/s1. The first-order chi connectivity index (χ1) is 12.1. The predicted octanol–water partition coefficient (Wildman–Crippen LogP) is 2.39. The van der Waals surface area contributed by atoms with Gasteiger partial charge in [-0.15, -0.1) is 0 Å². The number of carbonyl (C=O) groups is 2. The Bertz CT molecular complexity index is 646. The van der Waals surface area contributed by atoms with Crippen molar-refractivity contribution in [1.82, 2.24) is 5.32 Å². The van der Waals surface area contributed by atoms with Crippen LogP contribution in [0.25, 0.3) is 0 Å². The fourth-order valence-corrected chi connectivity index (χ4v) is 3.53. The lowest BCUT2D eigenvalue weighted by atomic mass is 10.1. The second kappa shape index (κ2) is 8.06. The molecule has 2 atom stereocenters. The molecule has 1 N–H and O–H groups in total. The molecule has 136 valence electrons. The number of anilines is 1. The summed E-state index contributed by atoms with van der Waals surface area (Å²) in [5, 5.41) is 3.45. The van der Waals surface area contributed by atoms with E-state index in [1.54, 1.807) is 30.2 Å².